The molecule has 0 aliphatic carbocycles. The first-order chi connectivity index (χ1) is 13.6. The first kappa shape index (κ1) is 23.6. The number of halogens is 2. The van der Waals surface area contributed by atoms with Gasteiger partial charge in [0.25, 0.3) is 0 Å². The van der Waals surface area contributed by atoms with Gasteiger partial charge in [0, 0.05) is 39.1 Å². The molecule has 8 heteroatoms. The van der Waals surface area contributed by atoms with Crippen LogP contribution in [0.4, 0.5) is 4.39 Å². The maximum atomic E-state index is 13.2. The van der Waals surface area contributed by atoms with E-state index in [1.165, 1.54) is 12.1 Å². The van der Waals surface area contributed by atoms with Gasteiger partial charge in [0.2, 0.25) is 0 Å². The summed E-state index contributed by atoms with van der Waals surface area (Å²) >= 11 is 0. The number of nitrogens with zero attached hydrogens (tertiary/aromatic N) is 4. The number of benzene rings is 1. The largest absolute Gasteiger partial charge is 0.367 e. The van der Waals surface area contributed by atoms with Crippen LogP contribution in [0, 0.1) is 12.7 Å². The van der Waals surface area contributed by atoms with Gasteiger partial charge in [-0.1, -0.05) is 12.1 Å². The SMILES string of the molecule is CN=C(NCCCCn1ccnc1C)N1CC(C)OC(c2ccc(F)cc2)C1.I. The molecule has 1 aromatic heterocycles. The van der Waals surface area contributed by atoms with E-state index in [-0.39, 0.29) is 42.0 Å². The fourth-order valence-corrected chi connectivity index (χ4v) is 3.57. The second-order valence-electron chi connectivity index (χ2n) is 7.24. The highest BCUT2D eigenvalue weighted by Crippen LogP contribution is 2.25. The third-order valence-electron chi connectivity index (χ3n) is 5.05. The molecule has 0 radical (unpaired) electrons. The van der Waals surface area contributed by atoms with Gasteiger partial charge in [0.05, 0.1) is 12.6 Å². The molecule has 160 valence electrons. The normalized spacial score (nSPS) is 19.7. The standard InChI is InChI=1S/C21H30FN5O.HI/c1-16-14-27(15-20(28-16)18-6-8-19(22)9-7-18)21(23-3)25-10-4-5-12-26-13-11-24-17(26)2;/h6-9,11,13,16,20H,4-5,10,12,14-15H2,1-3H3,(H,23,25);1H. The maximum absolute atomic E-state index is 13.2. The van der Waals surface area contributed by atoms with Crippen LogP contribution < -0.4 is 5.32 Å². The number of aliphatic imine (C=N–C) groups is 1. The van der Waals surface area contributed by atoms with Crippen molar-refractivity contribution in [2.75, 3.05) is 26.7 Å². The van der Waals surface area contributed by atoms with Gasteiger partial charge in [-0.25, -0.2) is 9.37 Å². The van der Waals surface area contributed by atoms with E-state index < -0.39 is 0 Å². The van der Waals surface area contributed by atoms with Crippen molar-refractivity contribution in [2.24, 2.45) is 4.99 Å². The van der Waals surface area contributed by atoms with Crippen LogP contribution in [0.2, 0.25) is 0 Å². The minimum Gasteiger partial charge on any atom is -0.367 e. The van der Waals surface area contributed by atoms with Gasteiger partial charge in [-0.15, -0.1) is 24.0 Å². The van der Waals surface area contributed by atoms with E-state index in [1.54, 1.807) is 12.1 Å². The maximum Gasteiger partial charge on any atom is 0.193 e. The summed E-state index contributed by atoms with van der Waals surface area (Å²) in [4.78, 5) is 10.9. The van der Waals surface area contributed by atoms with E-state index in [1.807, 2.05) is 26.4 Å². The summed E-state index contributed by atoms with van der Waals surface area (Å²) in [5, 5.41) is 3.47. The summed E-state index contributed by atoms with van der Waals surface area (Å²) in [6.45, 7) is 7.41. The van der Waals surface area contributed by atoms with Crippen LogP contribution in [0.1, 0.15) is 37.3 Å². The van der Waals surface area contributed by atoms with E-state index in [4.69, 9.17) is 4.74 Å². The molecule has 2 aromatic rings. The number of aromatic nitrogens is 2. The Morgan fingerprint density at radius 2 is 2.03 bits per heavy atom. The molecule has 1 fully saturated rings. The van der Waals surface area contributed by atoms with Gasteiger partial charge < -0.3 is 19.5 Å². The zero-order valence-electron chi connectivity index (χ0n) is 17.3. The van der Waals surface area contributed by atoms with Crippen molar-refractivity contribution < 1.29 is 9.13 Å². The highest BCUT2D eigenvalue weighted by atomic mass is 127. The molecule has 2 unspecified atom stereocenters. The lowest BCUT2D eigenvalue weighted by atomic mass is 10.1. The van der Waals surface area contributed by atoms with Crippen LogP contribution >= 0.6 is 24.0 Å². The number of aryl methyl sites for hydroxylation is 2. The molecule has 29 heavy (non-hydrogen) atoms. The van der Waals surface area contributed by atoms with E-state index in [9.17, 15) is 4.39 Å². The molecule has 0 saturated carbocycles. The smallest absolute Gasteiger partial charge is 0.193 e. The molecule has 2 heterocycles. The Labute approximate surface area is 189 Å². The average molecular weight is 515 g/mol. The molecule has 1 aromatic carbocycles. The Morgan fingerprint density at radius 1 is 1.28 bits per heavy atom. The molecule has 1 saturated heterocycles. The third-order valence-corrected chi connectivity index (χ3v) is 5.05. The highest BCUT2D eigenvalue weighted by molar-refractivity contribution is 14.0. The van der Waals surface area contributed by atoms with E-state index >= 15 is 0 Å². The van der Waals surface area contributed by atoms with Crippen molar-refractivity contribution in [2.45, 2.75) is 45.4 Å². The Hall–Kier alpha value is -1.68. The number of imidazole rings is 1. The second kappa shape index (κ2) is 11.5. The minimum atomic E-state index is -0.229. The number of ether oxygens (including phenoxy) is 1. The summed E-state index contributed by atoms with van der Waals surface area (Å²) in [5.74, 6) is 1.71. The fraction of sp³-hybridized carbons (Fsp3) is 0.524. The number of nitrogens with one attached hydrogen (secondary N) is 1. The van der Waals surface area contributed by atoms with Crippen molar-refractivity contribution in [1.29, 1.82) is 0 Å². The van der Waals surface area contributed by atoms with E-state index in [0.29, 0.717) is 6.54 Å². The van der Waals surface area contributed by atoms with Gasteiger partial charge in [0.15, 0.2) is 5.96 Å². The zero-order chi connectivity index (χ0) is 19.9. The molecule has 6 nitrogen and oxygen atoms in total. The third kappa shape index (κ3) is 6.67. The van der Waals surface area contributed by atoms with Gasteiger partial charge >= 0.3 is 0 Å². The lowest BCUT2D eigenvalue weighted by molar-refractivity contribution is -0.0605. The van der Waals surface area contributed by atoms with E-state index in [2.05, 4.69) is 31.7 Å². The summed E-state index contributed by atoms with van der Waals surface area (Å²) in [7, 11) is 1.81. The number of unbranched alkanes of at least 4 members (excludes halogenated alkanes) is 1. The predicted octanol–water partition coefficient (Wildman–Crippen LogP) is 3.77. The lowest BCUT2D eigenvalue weighted by Gasteiger charge is -2.38. The second-order valence-corrected chi connectivity index (χ2v) is 7.24. The number of morpholine rings is 1. The number of hydrogen-bond acceptors (Lipinski definition) is 3. The van der Waals surface area contributed by atoms with E-state index in [0.717, 1.165) is 49.8 Å². The fourth-order valence-electron chi connectivity index (χ4n) is 3.57. The van der Waals surface area contributed by atoms with Crippen LogP contribution in [-0.2, 0) is 11.3 Å². The molecule has 1 aliphatic rings. The summed E-state index contributed by atoms with van der Waals surface area (Å²) in [6.07, 6.45) is 5.98. The Bertz CT molecular complexity index is 780. The molecule has 0 spiro atoms. The average Bonchev–Trinajstić information content (AvgIpc) is 3.09. The van der Waals surface area contributed by atoms with Crippen LogP contribution in [0.3, 0.4) is 0 Å². The Kier molecular flexibility index (Phi) is 9.35. The zero-order valence-corrected chi connectivity index (χ0v) is 19.7. The molecule has 0 bridgehead atoms. The number of guanidine groups is 1. The summed E-state index contributed by atoms with van der Waals surface area (Å²) < 4.78 is 21.5. The molecule has 2 atom stereocenters. The summed E-state index contributed by atoms with van der Waals surface area (Å²) in [6, 6.07) is 6.56. The van der Waals surface area contributed by atoms with Crippen molar-refractivity contribution in [1.82, 2.24) is 19.8 Å². The van der Waals surface area contributed by atoms with Crippen LogP contribution in [0.5, 0.6) is 0 Å². The monoisotopic (exact) mass is 515 g/mol. The van der Waals surface area contributed by atoms with Crippen LogP contribution in [-0.4, -0.2) is 53.2 Å². The molecule has 1 N–H and O–H groups in total. The molecule has 1 aliphatic heterocycles. The first-order valence-corrected chi connectivity index (χ1v) is 9.91. The topological polar surface area (TPSA) is 54.7 Å². The highest BCUT2D eigenvalue weighted by Gasteiger charge is 2.28. The predicted molar refractivity (Wildman–Crippen MR) is 124 cm³/mol. The quantitative estimate of drug-likeness (QED) is 0.276. The van der Waals surface area contributed by atoms with Crippen LogP contribution in [0.25, 0.3) is 0 Å². The van der Waals surface area contributed by atoms with Crippen molar-refractivity contribution in [3.8, 4) is 0 Å². The molecular formula is C21H31FIN5O. The van der Waals surface area contributed by atoms with Gasteiger partial charge in [-0.05, 0) is 44.4 Å². The lowest BCUT2D eigenvalue weighted by Crippen LogP contribution is -2.50. The molecule has 0 amide bonds. The van der Waals surface area contributed by atoms with Crippen LogP contribution in [0.15, 0.2) is 41.7 Å². The number of hydrogen-bond donors (Lipinski definition) is 1. The minimum absolute atomic E-state index is 0. The number of rotatable bonds is 6. The van der Waals surface area contributed by atoms with Crippen molar-refractivity contribution in [3.63, 3.8) is 0 Å². The van der Waals surface area contributed by atoms with Gasteiger partial charge in [-0.3, -0.25) is 4.99 Å². The van der Waals surface area contributed by atoms with Gasteiger partial charge in [0.1, 0.15) is 17.7 Å². The van der Waals surface area contributed by atoms with Gasteiger partial charge in [-0.2, -0.15) is 0 Å². The van der Waals surface area contributed by atoms with Crippen molar-refractivity contribution >= 4 is 29.9 Å². The van der Waals surface area contributed by atoms with Crippen molar-refractivity contribution in [3.05, 3.63) is 53.9 Å². The summed E-state index contributed by atoms with van der Waals surface area (Å²) in [5.41, 5.74) is 0.990. The Morgan fingerprint density at radius 3 is 2.69 bits per heavy atom. The molecular weight excluding hydrogens is 484 g/mol. The first-order valence-electron chi connectivity index (χ1n) is 9.91. The Balaban J connectivity index is 0.00000300. The molecule has 3 rings (SSSR count).